The number of benzene rings is 1. The number of nitrogens with two attached hydrogens (primary N) is 1. The first kappa shape index (κ1) is 12.6. The van der Waals surface area contributed by atoms with Crippen LogP contribution in [0.15, 0.2) is 30.9 Å². The van der Waals surface area contributed by atoms with Crippen LogP contribution in [-0.4, -0.2) is 6.61 Å². The highest BCUT2D eigenvalue weighted by atomic mass is 16.5. The van der Waals surface area contributed by atoms with Crippen LogP contribution in [-0.2, 0) is 6.42 Å². The molecule has 0 heterocycles. The van der Waals surface area contributed by atoms with E-state index in [0.717, 1.165) is 47.8 Å². The smallest absolute Gasteiger partial charge is 0.122 e. The van der Waals surface area contributed by atoms with Crippen LogP contribution in [0.3, 0.4) is 0 Å². The standard InChI is InChI=1S/C17H23NO/c1-2-3-14-10-16(18)6-7-17(14)19-11-15-9-12-4-5-13(15)8-12/h2,6-7,10,12-13,15H,1,3-5,8-9,11,18H2. The second-order valence-electron chi connectivity index (χ2n) is 6.11. The third-order valence-corrected chi connectivity index (χ3v) is 4.79. The predicted molar refractivity (Wildman–Crippen MR) is 79.2 cm³/mol. The Morgan fingerprint density at radius 2 is 2.21 bits per heavy atom. The minimum atomic E-state index is 0.771. The monoisotopic (exact) mass is 257 g/mol. The van der Waals surface area contributed by atoms with Crippen LogP contribution in [0, 0.1) is 17.8 Å². The van der Waals surface area contributed by atoms with E-state index in [1.165, 1.54) is 25.7 Å². The van der Waals surface area contributed by atoms with Gasteiger partial charge in [0, 0.05) is 5.69 Å². The summed E-state index contributed by atoms with van der Waals surface area (Å²) >= 11 is 0. The second-order valence-corrected chi connectivity index (χ2v) is 6.11. The van der Waals surface area contributed by atoms with Crippen molar-refractivity contribution < 1.29 is 4.74 Å². The van der Waals surface area contributed by atoms with E-state index in [4.69, 9.17) is 10.5 Å². The van der Waals surface area contributed by atoms with Crippen LogP contribution in [0.1, 0.15) is 31.2 Å². The summed E-state index contributed by atoms with van der Waals surface area (Å²) in [4.78, 5) is 0. The lowest BCUT2D eigenvalue weighted by molar-refractivity contribution is 0.194. The molecule has 0 aromatic heterocycles. The lowest BCUT2D eigenvalue weighted by atomic mass is 9.89. The number of hydrogen-bond donors (Lipinski definition) is 1. The van der Waals surface area contributed by atoms with Gasteiger partial charge in [-0.25, -0.2) is 0 Å². The fraction of sp³-hybridized carbons (Fsp3) is 0.529. The molecule has 0 amide bonds. The van der Waals surface area contributed by atoms with E-state index < -0.39 is 0 Å². The molecule has 1 aromatic rings. The Morgan fingerprint density at radius 3 is 2.89 bits per heavy atom. The zero-order chi connectivity index (χ0) is 13.2. The maximum absolute atomic E-state index is 6.08. The molecule has 0 aliphatic heterocycles. The van der Waals surface area contributed by atoms with Crippen molar-refractivity contribution in [3.05, 3.63) is 36.4 Å². The molecular formula is C17H23NO. The average Bonchev–Trinajstić information content (AvgIpc) is 3.00. The maximum Gasteiger partial charge on any atom is 0.122 e. The third kappa shape index (κ3) is 2.63. The summed E-state index contributed by atoms with van der Waals surface area (Å²) in [5.74, 6) is 3.66. The Balaban J connectivity index is 1.64. The zero-order valence-electron chi connectivity index (χ0n) is 11.5. The predicted octanol–water partition coefficient (Wildman–Crippen LogP) is 3.81. The molecule has 0 spiro atoms. The Labute approximate surface area is 115 Å². The Morgan fingerprint density at radius 1 is 1.32 bits per heavy atom. The van der Waals surface area contributed by atoms with E-state index >= 15 is 0 Å². The number of rotatable bonds is 5. The van der Waals surface area contributed by atoms with Gasteiger partial charge < -0.3 is 10.5 Å². The van der Waals surface area contributed by atoms with Crippen LogP contribution in [0.4, 0.5) is 5.69 Å². The minimum absolute atomic E-state index is 0.771. The fourth-order valence-electron chi connectivity index (χ4n) is 3.83. The average molecular weight is 257 g/mol. The number of hydrogen-bond acceptors (Lipinski definition) is 2. The van der Waals surface area contributed by atoms with Gasteiger partial charge in [0.1, 0.15) is 5.75 Å². The van der Waals surface area contributed by atoms with Crippen molar-refractivity contribution >= 4 is 5.69 Å². The van der Waals surface area contributed by atoms with E-state index in [9.17, 15) is 0 Å². The highest BCUT2D eigenvalue weighted by Crippen LogP contribution is 2.48. The molecule has 3 atom stereocenters. The zero-order valence-corrected chi connectivity index (χ0v) is 11.5. The second kappa shape index (κ2) is 5.28. The Hall–Kier alpha value is -1.44. The molecule has 0 saturated heterocycles. The normalized spacial score (nSPS) is 28.5. The molecule has 2 N–H and O–H groups in total. The first-order chi connectivity index (χ1) is 9.26. The largest absolute Gasteiger partial charge is 0.493 e. The van der Waals surface area contributed by atoms with Crippen molar-refractivity contribution in [3.8, 4) is 5.75 Å². The molecule has 2 heteroatoms. The number of nitrogen functional groups attached to an aromatic ring is 1. The van der Waals surface area contributed by atoms with Gasteiger partial charge in [0.2, 0.25) is 0 Å². The summed E-state index contributed by atoms with van der Waals surface area (Å²) in [5, 5.41) is 0. The fourth-order valence-corrected chi connectivity index (χ4v) is 3.83. The first-order valence-electron chi connectivity index (χ1n) is 7.38. The van der Waals surface area contributed by atoms with Crippen molar-refractivity contribution in [2.24, 2.45) is 17.8 Å². The molecule has 2 bridgehead atoms. The van der Waals surface area contributed by atoms with Crippen LogP contribution in [0.2, 0.25) is 0 Å². The van der Waals surface area contributed by atoms with E-state index in [-0.39, 0.29) is 0 Å². The van der Waals surface area contributed by atoms with E-state index in [0.29, 0.717) is 0 Å². The van der Waals surface area contributed by atoms with Crippen molar-refractivity contribution in [2.75, 3.05) is 12.3 Å². The molecule has 102 valence electrons. The first-order valence-corrected chi connectivity index (χ1v) is 7.38. The van der Waals surface area contributed by atoms with E-state index in [2.05, 4.69) is 6.58 Å². The molecule has 2 aliphatic rings. The van der Waals surface area contributed by atoms with Crippen LogP contribution >= 0.6 is 0 Å². The van der Waals surface area contributed by atoms with Crippen LogP contribution < -0.4 is 10.5 Å². The van der Waals surface area contributed by atoms with E-state index in [1.807, 2.05) is 24.3 Å². The lowest BCUT2D eigenvalue weighted by Crippen LogP contribution is -2.18. The van der Waals surface area contributed by atoms with Gasteiger partial charge in [-0.05, 0) is 67.2 Å². The summed E-state index contributed by atoms with van der Waals surface area (Å²) in [5.41, 5.74) is 7.78. The molecule has 19 heavy (non-hydrogen) atoms. The Kier molecular flexibility index (Phi) is 3.50. The van der Waals surface area contributed by atoms with Gasteiger partial charge in [0.15, 0.2) is 0 Å². The van der Waals surface area contributed by atoms with Crippen LogP contribution in [0.5, 0.6) is 5.75 Å². The molecular weight excluding hydrogens is 234 g/mol. The van der Waals surface area contributed by atoms with Crippen molar-refractivity contribution in [3.63, 3.8) is 0 Å². The highest BCUT2D eigenvalue weighted by Gasteiger charge is 2.39. The van der Waals surface area contributed by atoms with Crippen LogP contribution in [0.25, 0.3) is 0 Å². The minimum Gasteiger partial charge on any atom is -0.493 e. The molecule has 2 fully saturated rings. The summed E-state index contributed by atoms with van der Waals surface area (Å²) in [6, 6.07) is 5.92. The molecule has 2 saturated carbocycles. The van der Waals surface area contributed by atoms with Gasteiger partial charge in [-0.2, -0.15) is 0 Å². The van der Waals surface area contributed by atoms with Gasteiger partial charge in [-0.3, -0.25) is 0 Å². The lowest BCUT2D eigenvalue weighted by Gasteiger charge is -2.22. The van der Waals surface area contributed by atoms with Crippen molar-refractivity contribution in [1.29, 1.82) is 0 Å². The van der Waals surface area contributed by atoms with Gasteiger partial charge in [-0.1, -0.05) is 12.5 Å². The Bertz CT molecular complexity index is 468. The SMILES string of the molecule is C=CCc1cc(N)ccc1OCC1CC2CCC1C2. The number of ether oxygens (including phenoxy) is 1. The van der Waals surface area contributed by atoms with Gasteiger partial charge in [-0.15, -0.1) is 6.58 Å². The molecule has 2 aliphatic carbocycles. The maximum atomic E-state index is 6.08. The van der Waals surface area contributed by atoms with Crippen molar-refractivity contribution in [1.82, 2.24) is 0 Å². The van der Waals surface area contributed by atoms with Gasteiger partial charge in [0.05, 0.1) is 6.61 Å². The van der Waals surface area contributed by atoms with E-state index in [1.54, 1.807) is 0 Å². The quantitative estimate of drug-likeness (QED) is 0.643. The highest BCUT2D eigenvalue weighted by molar-refractivity contribution is 5.48. The summed E-state index contributed by atoms with van der Waals surface area (Å²) in [6.45, 7) is 4.67. The number of anilines is 1. The summed E-state index contributed by atoms with van der Waals surface area (Å²) in [7, 11) is 0. The topological polar surface area (TPSA) is 35.2 Å². The number of allylic oxidation sites excluding steroid dienone is 1. The molecule has 3 unspecified atom stereocenters. The number of fused-ring (bicyclic) bond motifs is 2. The molecule has 1 aromatic carbocycles. The summed E-state index contributed by atoms with van der Waals surface area (Å²) < 4.78 is 6.08. The van der Waals surface area contributed by atoms with Gasteiger partial charge in [0.25, 0.3) is 0 Å². The third-order valence-electron chi connectivity index (χ3n) is 4.79. The van der Waals surface area contributed by atoms with Crippen molar-refractivity contribution in [2.45, 2.75) is 32.1 Å². The molecule has 0 radical (unpaired) electrons. The summed E-state index contributed by atoms with van der Waals surface area (Å²) in [6.07, 6.45) is 8.40. The molecule has 3 rings (SSSR count). The van der Waals surface area contributed by atoms with Gasteiger partial charge >= 0.3 is 0 Å². The molecule has 2 nitrogen and oxygen atoms in total.